The molecule has 0 saturated heterocycles. The molecule has 0 aliphatic carbocycles. The fourth-order valence-corrected chi connectivity index (χ4v) is 3.37. The molecule has 0 aromatic carbocycles. The van der Waals surface area contributed by atoms with Crippen LogP contribution >= 0.6 is 17.1 Å². The normalized spacial score (nSPS) is 13.7. The van der Waals surface area contributed by atoms with Crippen LogP contribution in [0, 0.1) is 5.41 Å². The monoisotopic (exact) mass is 268 g/mol. The minimum atomic E-state index is -2.12. The predicted molar refractivity (Wildman–Crippen MR) is 73.7 cm³/mol. The van der Waals surface area contributed by atoms with Crippen LogP contribution in [0.4, 0.5) is 0 Å². The van der Waals surface area contributed by atoms with Crippen molar-refractivity contribution < 1.29 is 9.05 Å². The van der Waals surface area contributed by atoms with E-state index in [0.29, 0.717) is 0 Å². The molecule has 0 heterocycles. The first-order chi connectivity index (χ1) is 6.95. The molecular formula is C10H21O2PS2. The summed E-state index contributed by atoms with van der Waals surface area (Å²) in [6.45, 7) is 6.63. The summed E-state index contributed by atoms with van der Waals surface area (Å²) in [6, 6.07) is 0. The molecule has 0 radical (unpaired) electrons. The molecule has 0 amide bonds. The Bertz CT molecular complexity index is 242. The second-order valence-electron chi connectivity index (χ2n) is 3.58. The highest BCUT2D eigenvalue weighted by atomic mass is 32.9. The Kier molecular flexibility index (Phi) is 7.39. The lowest BCUT2D eigenvalue weighted by atomic mass is 9.85. The van der Waals surface area contributed by atoms with Crippen molar-refractivity contribution in [2.75, 3.05) is 14.2 Å². The van der Waals surface area contributed by atoms with Crippen LogP contribution in [0.3, 0.4) is 0 Å². The molecule has 0 rings (SSSR count). The Balaban J connectivity index is 4.37. The van der Waals surface area contributed by atoms with E-state index in [1.165, 1.54) is 11.4 Å². The van der Waals surface area contributed by atoms with Gasteiger partial charge >= 0.3 is 0 Å². The van der Waals surface area contributed by atoms with E-state index in [-0.39, 0.29) is 5.41 Å². The summed E-state index contributed by atoms with van der Waals surface area (Å²) in [5.74, 6) is 0. The van der Waals surface area contributed by atoms with E-state index in [1.807, 2.05) is 5.41 Å². The van der Waals surface area contributed by atoms with E-state index in [0.717, 1.165) is 12.8 Å². The fraction of sp³-hybridized carbons (Fsp3) is 0.800. The molecule has 5 heteroatoms. The highest BCUT2D eigenvalue weighted by Crippen LogP contribution is 2.60. The number of rotatable bonds is 7. The first-order valence-electron chi connectivity index (χ1n) is 5.03. The zero-order chi connectivity index (χ0) is 11.9. The molecule has 0 fully saturated rings. The van der Waals surface area contributed by atoms with Crippen molar-refractivity contribution in [1.29, 1.82) is 0 Å². The summed E-state index contributed by atoms with van der Waals surface area (Å²) in [5, 5.41) is 2.03. The van der Waals surface area contributed by atoms with Crippen LogP contribution in [0.25, 0.3) is 0 Å². The van der Waals surface area contributed by atoms with Gasteiger partial charge in [-0.15, -0.1) is 0 Å². The molecule has 2 nitrogen and oxygen atoms in total. The van der Waals surface area contributed by atoms with Gasteiger partial charge in [0.25, 0.3) is 5.69 Å². The van der Waals surface area contributed by atoms with Gasteiger partial charge < -0.3 is 9.05 Å². The summed E-state index contributed by atoms with van der Waals surface area (Å²) >= 11 is 6.73. The Labute approximate surface area is 103 Å². The van der Waals surface area contributed by atoms with Crippen LogP contribution in [0.15, 0.2) is 11.5 Å². The van der Waals surface area contributed by atoms with E-state index >= 15 is 0 Å². The van der Waals surface area contributed by atoms with Crippen LogP contribution in [-0.4, -0.2) is 14.2 Å². The Morgan fingerprint density at radius 3 is 2.07 bits per heavy atom. The van der Waals surface area contributed by atoms with Crippen molar-refractivity contribution in [2.24, 2.45) is 5.41 Å². The highest BCUT2D eigenvalue weighted by molar-refractivity contribution is 8.69. The van der Waals surface area contributed by atoms with Crippen LogP contribution in [-0.2, 0) is 20.9 Å². The SMILES string of the molecule is CCC(C)(C=CSP(=S)(OC)OC)CC. The second-order valence-corrected chi connectivity index (χ2v) is 9.90. The topological polar surface area (TPSA) is 18.5 Å². The molecule has 0 aromatic rings. The van der Waals surface area contributed by atoms with Gasteiger partial charge in [0, 0.05) is 14.2 Å². The van der Waals surface area contributed by atoms with E-state index in [2.05, 4.69) is 26.8 Å². The molecule has 0 spiro atoms. The maximum atomic E-state index is 5.24. The maximum Gasteiger partial charge on any atom is 0.251 e. The van der Waals surface area contributed by atoms with Crippen molar-refractivity contribution in [1.82, 2.24) is 0 Å². The quantitative estimate of drug-likeness (QED) is 0.629. The number of hydrogen-bond donors (Lipinski definition) is 0. The largest absolute Gasteiger partial charge is 0.325 e. The Morgan fingerprint density at radius 2 is 1.73 bits per heavy atom. The third-order valence-electron chi connectivity index (χ3n) is 2.72. The van der Waals surface area contributed by atoms with Crippen molar-refractivity contribution >= 4 is 28.9 Å². The van der Waals surface area contributed by atoms with Crippen molar-refractivity contribution in [3.63, 3.8) is 0 Å². The molecule has 0 atom stereocenters. The van der Waals surface area contributed by atoms with Crippen molar-refractivity contribution in [3.8, 4) is 0 Å². The molecule has 0 saturated carbocycles. The van der Waals surface area contributed by atoms with Gasteiger partial charge in [-0.05, 0) is 46.9 Å². The minimum absolute atomic E-state index is 0.259. The standard InChI is InChI=1S/C10H21O2PS2/c1-6-10(3,7-2)8-9-15-13(14,11-4)12-5/h8-9H,6-7H2,1-5H3. The molecule has 0 bridgehead atoms. The first-order valence-corrected chi connectivity index (χ1v) is 9.15. The van der Waals surface area contributed by atoms with E-state index in [1.54, 1.807) is 14.2 Å². The van der Waals surface area contributed by atoms with Crippen LogP contribution in [0.1, 0.15) is 33.6 Å². The second kappa shape index (κ2) is 7.08. The zero-order valence-electron chi connectivity index (χ0n) is 10.1. The number of hydrogen-bond acceptors (Lipinski definition) is 4. The Hall–Kier alpha value is 0.660. The molecule has 0 aliphatic heterocycles. The van der Waals surface area contributed by atoms with Crippen LogP contribution in [0.5, 0.6) is 0 Å². The molecule has 0 N–H and O–H groups in total. The van der Waals surface area contributed by atoms with E-state index < -0.39 is 5.69 Å². The highest BCUT2D eigenvalue weighted by Gasteiger charge is 2.17. The van der Waals surface area contributed by atoms with Gasteiger partial charge in [-0.2, -0.15) is 0 Å². The number of allylic oxidation sites excluding steroid dienone is 1. The summed E-state index contributed by atoms with van der Waals surface area (Å²) in [4.78, 5) is 0. The molecule has 15 heavy (non-hydrogen) atoms. The van der Waals surface area contributed by atoms with Gasteiger partial charge in [-0.3, -0.25) is 0 Å². The predicted octanol–water partition coefficient (Wildman–Crippen LogP) is 4.58. The Morgan fingerprint density at radius 1 is 1.27 bits per heavy atom. The summed E-state index contributed by atoms with van der Waals surface area (Å²) in [7, 11) is 3.20. The molecule has 90 valence electrons. The third-order valence-corrected chi connectivity index (χ3v) is 7.84. The third kappa shape index (κ3) is 5.50. The van der Waals surface area contributed by atoms with Gasteiger partial charge in [0.2, 0.25) is 0 Å². The van der Waals surface area contributed by atoms with Gasteiger partial charge in [0.1, 0.15) is 0 Å². The van der Waals surface area contributed by atoms with Gasteiger partial charge in [-0.25, -0.2) is 0 Å². The summed E-state index contributed by atoms with van der Waals surface area (Å²) in [6.07, 6.45) is 4.46. The van der Waals surface area contributed by atoms with Gasteiger partial charge in [0.15, 0.2) is 0 Å². The smallest absolute Gasteiger partial charge is 0.251 e. The maximum absolute atomic E-state index is 5.24. The van der Waals surface area contributed by atoms with Crippen molar-refractivity contribution in [3.05, 3.63) is 11.5 Å². The first kappa shape index (κ1) is 15.7. The molecular weight excluding hydrogens is 247 g/mol. The average Bonchev–Trinajstić information content (AvgIpc) is 2.28. The van der Waals surface area contributed by atoms with E-state index in [4.69, 9.17) is 20.9 Å². The lowest BCUT2D eigenvalue weighted by molar-refractivity contribution is 0.354. The zero-order valence-corrected chi connectivity index (χ0v) is 12.7. The lowest BCUT2D eigenvalue weighted by Crippen LogP contribution is -2.08. The van der Waals surface area contributed by atoms with Gasteiger partial charge in [-0.1, -0.05) is 26.8 Å². The molecule has 0 aromatic heterocycles. The van der Waals surface area contributed by atoms with Crippen LogP contribution < -0.4 is 0 Å². The van der Waals surface area contributed by atoms with Crippen LogP contribution in [0.2, 0.25) is 0 Å². The molecule has 0 aliphatic rings. The summed E-state index contributed by atoms with van der Waals surface area (Å²) in [5.41, 5.74) is -1.87. The molecule has 0 unspecified atom stereocenters. The van der Waals surface area contributed by atoms with Gasteiger partial charge in [0.05, 0.1) is 0 Å². The van der Waals surface area contributed by atoms with E-state index in [9.17, 15) is 0 Å². The minimum Gasteiger partial charge on any atom is -0.325 e. The summed E-state index contributed by atoms with van der Waals surface area (Å²) < 4.78 is 10.4. The lowest BCUT2D eigenvalue weighted by Gasteiger charge is -2.22. The van der Waals surface area contributed by atoms with Crippen molar-refractivity contribution in [2.45, 2.75) is 33.6 Å². The fourth-order valence-electron chi connectivity index (χ4n) is 0.916. The average molecular weight is 268 g/mol.